The fraction of sp³-hybridized carbons (Fsp3) is 0.692. The first-order valence-electron chi connectivity index (χ1n) is 6.70. The number of halogens is 1. The molecule has 1 N–H and O–H groups in total. The second kappa shape index (κ2) is 5.92. The Hall–Kier alpha value is -1.07. The van der Waals surface area contributed by atoms with Crippen LogP contribution in [0.4, 0.5) is 0 Å². The molecule has 1 aromatic heterocycles. The highest BCUT2D eigenvalue weighted by atomic mass is 35.5. The summed E-state index contributed by atoms with van der Waals surface area (Å²) >= 11 is 5.79. The quantitative estimate of drug-likeness (QED) is 0.847. The maximum atomic E-state index is 12.0. The van der Waals surface area contributed by atoms with Gasteiger partial charge in [0.2, 0.25) is 0 Å². The van der Waals surface area contributed by atoms with Crippen molar-refractivity contribution < 1.29 is 0 Å². The number of likely N-dealkylation sites (tertiary alicyclic amines) is 1. The van der Waals surface area contributed by atoms with Crippen LogP contribution in [0, 0.1) is 12.8 Å². The van der Waals surface area contributed by atoms with Gasteiger partial charge in [-0.3, -0.25) is 14.3 Å². The lowest BCUT2D eigenvalue weighted by molar-refractivity contribution is 0.268. The predicted octanol–water partition coefficient (Wildman–Crippen LogP) is 1.23. The molecule has 2 heterocycles. The average Bonchev–Trinajstić information content (AvgIpc) is 2.85. The van der Waals surface area contributed by atoms with Crippen LogP contribution in [0.25, 0.3) is 0 Å². The van der Waals surface area contributed by atoms with E-state index in [1.54, 1.807) is 6.92 Å². The molecule has 1 saturated heterocycles. The monoisotopic (exact) mass is 285 g/mol. The van der Waals surface area contributed by atoms with E-state index < -0.39 is 5.69 Å². The molecule has 0 aliphatic carbocycles. The summed E-state index contributed by atoms with van der Waals surface area (Å²) in [5.41, 5.74) is -0.314. The minimum Gasteiger partial charge on any atom is -0.303 e. The van der Waals surface area contributed by atoms with Crippen LogP contribution in [0.5, 0.6) is 0 Å². The van der Waals surface area contributed by atoms with Gasteiger partial charge in [-0.1, -0.05) is 18.5 Å². The molecular weight excluding hydrogens is 266 g/mol. The molecule has 2 rings (SSSR count). The molecular formula is C13H20ClN3O2. The average molecular weight is 286 g/mol. The second-order valence-corrected chi connectivity index (χ2v) is 5.78. The first-order chi connectivity index (χ1) is 8.99. The van der Waals surface area contributed by atoms with E-state index in [0.29, 0.717) is 12.1 Å². The minimum absolute atomic E-state index is 0.137. The molecule has 1 unspecified atom stereocenters. The van der Waals surface area contributed by atoms with Crippen molar-refractivity contribution in [3.8, 4) is 0 Å². The molecule has 0 spiro atoms. The van der Waals surface area contributed by atoms with Crippen LogP contribution in [0.15, 0.2) is 9.59 Å². The van der Waals surface area contributed by atoms with E-state index in [0.717, 1.165) is 19.6 Å². The molecule has 0 radical (unpaired) electrons. The maximum absolute atomic E-state index is 12.0. The van der Waals surface area contributed by atoms with Crippen LogP contribution in [0.1, 0.15) is 25.3 Å². The van der Waals surface area contributed by atoms with Gasteiger partial charge in [0.15, 0.2) is 0 Å². The highest BCUT2D eigenvalue weighted by molar-refractivity contribution is 6.30. The Labute approximate surface area is 117 Å². The molecule has 0 bridgehead atoms. The van der Waals surface area contributed by atoms with Crippen molar-refractivity contribution in [2.75, 3.05) is 19.6 Å². The van der Waals surface area contributed by atoms with E-state index in [1.165, 1.54) is 17.4 Å². The molecule has 0 aromatic carbocycles. The van der Waals surface area contributed by atoms with E-state index >= 15 is 0 Å². The van der Waals surface area contributed by atoms with Crippen LogP contribution in [-0.4, -0.2) is 34.1 Å². The summed E-state index contributed by atoms with van der Waals surface area (Å²) in [6.45, 7) is 7.29. The molecule has 5 nitrogen and oxygen atoms in total. The highest BCUT2D eigenvalue weighted by Crippen LogP contribution is 2.11. The number of aromatic amines is 1. The first-order valence-corrected chi connectivity index (χ1v) is 7.08. The van der Waals surface area contributed by atoms with Gasteiger partial charge in [0, 0.05) is 18.7 Å². The van der Waals surface area contributed by atoms with E-state index in [-0.39, 0.29) is 16.6 Å². The SMILES string of the molecule is Cc1c(Cl)[nH]c(=O)n(CC(C)CN2CCCC2)c1=O. The molecule has 0 saturated carbocycles. The summed E-state index contributed by atoms with van der Waals surface area (Å²) in [5, 5.41) is 0.137. The Kier molecular flexibility index (Phi) is 4.47. The van der Waals surface area contributed by atoms with Gasteiger partial charge < -0.3 is 4.90 Å². The fourth-order valence-electron chi connectivity index (χ4n) is 2.58. The number of nitrogens with one attached hydrogen (secondary N) is 1. The molecule has 19 heavy (non-hydrogen) atoms. The third kappa shape index (κ3) is 3.28. The van der Waals surface area contributed by atoms with Crippen molar-refractivity contribution in [1.82, 2.24) is 14.5 Å². The lowest BCUT2D eigenvalue weighted by Gasteiger charge is -2.20. The van der Waals surface area contributed by atoms with Gasteiger partial charge in [-0.2, -0.15) is 0 Å². The van der Waals surface area contributed by atoms with Gasteiger partial charge in [0.1, 0.15) is 5.15 Å². The molecule has 1 aromatic rings. The molecule has 106 valence electrons. The zero-order chi connectivity index (χ0) is 14.0. The van der Waals surface area contributed by atoms with Crippen molar-refractivity contribution in [1.29, 1.82) is 0 Å². The van der Waals surface area contributed by atoms with Crippen LogP contribution < -0.4 is 11.2 Å². The summed E-state index contributed by atoms with van der Waals surface area (Å²) < 4.78 is 1.25. The largest absolute Gasteiger partial charge is 0.329 e. The van der Waals surface area contributed by atoms with Crippen LogP contribution in [0.2, 0.25) is 5.15 Å². The topological polar surface area (TPSA) is 58.1 Å². The zero-order valence-corrected chi connectivity index (χ0v) is 12.2. The fourth-order valence-corrected chi connectivity index (χ4v) is 2.75. The molecule has 1 aliphatic heterocycles. The zero-order valence-electron chi connectivity index (χ0n) is 11.4. The van der Waals surface area contributed by atoms with E-state index in [1.807, 2.05) is 0 Å². The Morgan fingerprint density at radius 3 is 2.53 bits per heavy atom. The number of H-pyrrole nitrogens is 1. The molecule has 1 aliphatic rings. The number of rotatable bonds is 4. The van der Waals surface area contributed by atoms with Crippen molar-refractivity contribution in [3.05, 3.63) is 31.6 Å². The Bertz CT molecular complexity index is 558. The molecule has 1 atom stereocenters. The maximum Gasteiger partial charge on any atom is 0.329 e. The van der Waals surface area contributed by atoms with Gasteiger partial charge in [-0.25, -0.2) is 4.79 Å². The van der Waals surface area contributed by atoms with Gasteiger partial charge in [-0.05, 0) is 38.8 Å². The summed E-state index contributed by atoms with van der Waals surface area (Å²) in [6, 6.07) is 0. The third-order valence-corrected chi connectivity index (χ3v) is 4.00. The van der Waals surface area contributed by atoms with E-state index in [4.69, 9.17) is 11.6 Å². The van der Waals surface area contributed by atoms with Crippen molar-refractivity contribution in [3.63, 3.8) is 0 Å². The highest BCUT2D eigenvalue weighted by Gasteiger charge is 2.17. The number of aromatic nitrogens is 2. The van der Waals surface area contributed by atoms with E-state index in [2.05, 4.69) is 16.8 Å². The number of hydrogen-bond donors (Lipinski definition) is 1. The van der Waals surface area contributed by atoms with E-state index in [9.17, 15) is 9.59 Å². The Morgan fingerprint density at radius 1 is 1.26 bits per heavy atom. The predicted molar refractivity (Wildman–Crippen MR) is 75.9 cm³/mol. The summed E-state index contributed by atoms with van der Waals surface area (Å²) in [5.74, 6) is 0.262. The molecule has 1 fully saturated rings. The standard InChI is InChI=1S/C13H20ClN3O2/c1-9(7-16-5-3-4-6-16)8-17-12(18)10(2)11(14)15-13(17)19/h9H,3-8H2,1-2H3,(H,15,19). The minimum atomic E-state index is -0.422. The number of hydrogen-bond acceptors (Lipinski definition) is 3. The first kappa shape index (κ1) is 14.3. The normalized spacial score (nSPS) is 17.8. The van der Waals surface area contributed by atoms with Gasteiger partial charge in [0.25, 0.3) is 5.56 Å². The Morgan fingerprint density at radius 2 is 1.89 bits per heavy atom. The number of nitrogens with zero attached hydrogens (tertiary/aromatic N) is 2. The van der Waals surface area contributed by atoms with Gasteiger partial charge in [-0.15, -0.1) is 0 Å². The van der Waals surface area contributed by atoms with Crippen LogP contribution in [-0.2, 0) is 6.54 Å². The van der Waals surface area contributed by atoms with Gasteiger partial charge >= 0.3 is 5.69 Å². The molecule has 0 amide bonds. The van der Waals surface area contributed by atoms with Crippen LogP contribution in [0.3, 0.4) is 0 Å². The summed E-state index contributed by atoms with van der Waals surface area (Å²) in [4.78, 5) is 28.7. The van der Waals surface area contributed by atoms with Crippen LogP contribution >= 0.6 is 11.6 Å². The lowest BCUT2D eigenvalue weighted by atomic mass is 10.1. The van der Waals surface area contributed by atoms with Crippen molar-refractivity contribution in [2.45, 2.75) is 33.2 Å². The summed E-state index contributed by atoms with van der Waals surface area (Å²) in [6.07, 6.45) is 2.49. The Balaban J connectivity index is 2.12. The third-order valence-electron chi connectivity index (χ3n) is 3.62. The van der Waals surface area contributed by atoms with Gasteiger partial charge in [0.05, 0.1) is 0 Å². The van der Waals surface area contributed by atoms with Crippen molar-refractivity contribution in [2.24, 2.45) is 5.92 Å². The van der Waals surface area contributed by atoms with Crippen molar-refractivity contribution >= 4 is 11.6 Å². The smallest absolute Gasteiger partial charge is 0.303 e. The second-order valence-electron chi connectivity index (χ2n) is 5.40. The summed E-state index contributed by atoms with van der Waals surface area (Å²) in [7, 11) is 0. The molecule has 6 heteroatoms. The lowest BCUT2D eigenvalue weighted by Crippen LogP contribution is -2.40.